The van der Waals surface area contributed by atoms with Gasteiger partial charge in [0.2, 0.25) is 11.1 Å². The van der Waals surface area contributed by atoms with Gasteiger partial charge in [-0.1, -0.05) is 49.0 Å². The molecule has 6 nitrogen and oxygen atoms in total. The van der Waals surface area contributed by atoms with Crippen LogP contribution in [-0.4, -0.2) is 26.0 Å². The first-order valence-corrected chi connectivity index (χ1v) is 9.52. The molecule has 2 atom stereocenters. The molecular weight excluding hydrogens is 365 g/mol. The molecule has 1 amide bonds. The van der Waals surface area contributed by atoms with E-state index < -0.39 is 5.25 Å². The molecule has 2 N–H and O–H groups in total. The molecule has 8 heteroatoms. The number of hydrogen-bond donors (Lipinski definition) is 2. The number of carbonyl (C=O) groups is 1. The maximum absolute atomic E-state index is 13.4. The van der Waals surface area contributed by atoms with Gasteiger partial charge in [-0.15, -0.1) is 10.2 Å². The Kier molecular flexibility index (Phi) is 4.81. The van der Waals surface area contributed by atoms with Crippen molar-refractivity contribution in [2.75, 3.05) is 10.7 Å². The van der Waals surface area contributed by atoms with Gasteiger partial charge in [0.1, 0.15) is 11.1 Å². The monoisotopic (exact) mass is 383 g/mol. The Morgan fingerprint density at radius 3 is 2.63 bits per heavy atom. The maximum atomic E-state index is 13.4. The minimum atomic E-state index is -0.489. The number of halogens is 1. The van der Waals surface area contributed by atoms with Crippen LogP contribution in [0.25, 0.3) is 0 Å². The summed E-state index contributed by atoms with van der Waals surface area (Å²) in [4.78, 5) is 13.0. The molecule has 27 heavy (non-hydrogen) atoms. The van der Waals surface area contributed by atoms with Gasteiger partial charge in [0.05, 0.1) is 6.04 Å². The topological polar surface area (TPSA) is 71.8 Å². The Morgan fingerprint density at radius 1 is 1.19 bits per heavy atom. The number of nitrogens with one attached hydrogen (secondary N) is 2. The highest BCUT2D eigenvalue weighted by atomic mass is 32.2. The summed E-state index contributed by atoms with van der Waals surface area (Å²) in [6.45, 7) is 1.99. The maximum Gasteiger partial charge on any atom is 0.240 e. The van der Waals surface area contributed by atoms with Gasteiger partial charge in [0.25, 0.3) is 0 Å². The molecule has 0 bridgehead atoms. The van der Waals surface area contributed by atoms with Crippen molar-refractivity contribution < 1.29 is 9.18 Å². The summed E-state index contributed by atoms with van der Waals surface area (Å²) < 4.78 is 15.2. The van der Waals surface area contributed by atoms with Gasteiger partial charge >= 0.3 is 0 Å². The molecule has 3 aromatic rings. The predicted octanol–water partition coefficient (Wildman–Crippen LogP) is 3.38. The summed E-state index contributed by atoms with van der Waals surface area (Å²) in [5.41, 5.74) is 4.88. The van der Waals surface area contributed by atoms with Gasteiger partial charge in [-0.2, -0.15) is 0 Å². The zero-order valence-electron chi connectivity index (χ0n) is 14.6. The molecule has 0 unspecified atom stereocenters. The van der Waals surface area contributed by atoms with Gasteiger partial charge in [0, 0.05) is 12.1 Å². The summed E-state index contributed by atoms with van der Waals surface area (Å²) in [5.74, 6) is 0.318. The predicted molar refractivity (Wildman–Crippen MR) is 103 cm³/mol. The van der Waals surface area contributed by atoms with E-state index in [2.05, 4.69) is 20.9 Å². The summed E-state index contributed by atoms with van der Waals surface area (Å²) in [6.07, 6.45) is 0.706. The number of nitrogens with zero attached hydrogens (tertiary/aromatic N) is 3. The van der Waals surface area contributed by atoms with Crippen LogP contribution in [0.4, 0.5) is 10.1 Å². The summed E-state index contributed by atoms with van der Waals surface area (Å²) in [5, 5.41) is 11.4. The van der Waals surface area contributed by atoms with Crippen LogP contribution in [0.3, 0.4) is 0 Å². The van der Waals surface area contributed by atoms with E-state index in [9.17, 15) is 9.18 Å². The van der Waals surface area contributed by atoms with E-state index in [0.29, 0.717) is 11.6 Å². The number of amides is 1. The van der Waals surface area contributed by atoms with Crippen molar-refractivity contribution in [3.63, 3.8) is 0 Å². The highest BCUT2D eigenvalue weighted by Crippen LogP contribution is 2.37. The first kappa shape index (κ1) is 17.5. The third-order valence-electron chi connectivity index (χ3n) is 4.35. The average Bonchev–Trinajstić information content (AvgIpc) is 3.10. The Balaban J connectivity index is 1.67. The molecule has 0 fully saturated rings. The lowest BCUT2D eigenvalue weighted by Gasteiger charge is -2.33. The Morgan fingerprint density at radius 2 is 1.93 bits per heavy atom. The van der Waals surface area contributed by atoms with Crippen LogP contribution >= 0.6 is 11.8 Å². The third-order valence-corrected chi connectivity index (χ3v) is 5.56. The largest absolute Gasteiger partial charge is 0.325 e. The minimum Gasteiger partial charge on any atom is -0.325 e. The Hall–Kier alpha value is -2.87. The second kappa shape index (κ2) is 7.40. The number of aryl methyl sites for hydroxylation is 1. The highest BCUT2D eigenvalue weighted by molar-refractivity contribution is 8.00. The molecule has 0 radical (unpaired) electrons. The van der Waals surface area contributed by atoms with Gasteiger partial charge in [0.15, 0.2) is 5.82 Å². The summed E-state index contributed by atoms with van der Waals surface area (Å²) in [6, 6.07) is 15.1. The summed E-state index contributed by atoms with van der Waals surface area (Å²) >= 11 is 1.35. The van der Waals surface area contributed by atoms with Crippen molar-refractivity contribution in [2.24, 2.45) is 0 Å². The van der Waals surface area contributed by atoms with Crippen molar-refractivity contribution in [1.82, 2.24) is 14.9 Å². The molecule has 1 aliphatic heterocycles. The van der Waals surface area contributed by atoms with Gasteiger partial charge < -0.3 is 10.7 Å². The van der Waals surface area contributed by atoms with Gasteiger partial charge in [-0.05, 0) is 29.8 Å². The second-order valence-corrected chi connectivity index (χ2v) is 7.25. The average molecular weight is 383 g/mol. The van der Waals surface area contributed by atoms with E-state index in [0.717, 1.165) is 17.1 Å². The fourth-order valence-corrected chi connectivity index (χ4v) is 4.08. The number of fused-ring (bicyclic) bond motifs is 1. The number of rotatable bonds is 4. The molecule has 1 aliphatic rings. The van der Waals surface area contributed by atoms with Crippen LogP contribution in [0.15, 0.2) is 59.8 Å². The quantitative estimate of drug-likeness (QED) is 0.723. The molecule has 0 saturated heterocycles. The smallest absolute Gasteiger partial charge is 0.240 e. The second-order valence-electron chi connectivity index (χ2n) is 6.14. The van der Waals surface area contributed by atoms with Crippen molar-refractivity contribution in [1.29, 1.82) is 0 Å². The van der Waals surface area contributed by atoms with Crippen LogP contribution in [0, 0.1) is 5.82 Å². The zero-order chi connectivity index (χ0) is 18.8. The molecule has 0 aliphatic carbocycles. The molecule has 4 rings (SSSR count). The van der Waals surface area contributed by atoms with Crippen LogP contribution in [0.1, 0.15) is 24.4 Å². The van der Waals surface area contributed by atoms with E-state index in [1.54, 1.807) is 12.1 Å². The minimum absolute atomic E-state index is 0.152. The van der Waals surface area contributed by atoms with Crippen LogP contribution in [-0.2, 0) is 11.2 Å². The number of anilines is 1. The molecule has 0 spiro atoms. The highest BCUT2D eigenvalue weighted by Gasteiger charge is 2.37. The van der Waals surface area contributed by atoms with Crippen molar-refractivity contribution >= 4 is 23.4 Å². The number of hydrogen-bond acceptors (Lipinski definition) is 5. The molecular formula is C19H18FN5OS. The van der Waals surface area contributed by atoms with Gasteiger partial charge in [-0.25, -0.2) is 9.07 Å². The van der Waals surface area contributed by atoms with Crippen LogP contribution < -0.4 is 10.7 Å². The lowest BCUT2D eigenvalue weighted by Crippen LogP contribution is -2.41. The molecule has 2 heterocycles. The lowest BCUT2D eigenvalue weighted by atomic mass is 10.0. The number of thioether (sulfide) groups is 1. The standard InChI is InChI=1S/C19H18FN5OS/c1-2-15-22-23-19-25(15)24-16(12-8-10-13(20)11-9-12)17(27-19)18(26)21-14-6-4-3-5-7-14/h3-11,16-17,24H,2H2,1H3,(H,21,26)/t16-,17-/m1/s1. The van der Waals surface area contributed by atoms with Crippen molar-refractivity contribution in [3.8, 4) is 0 Å². The number of aromatic nitrogens is 3. The normalized spacial score (nSPS) is 18.4. The first-order chi connectivity index (χ1) is 13.2. The van der Waals surface area contributed by atoms with E-state index >= 15 is 0 Å². The lowest BCUT2D eigenvalue weighted by molar-refractivity contribution is -0.116. The summed E-state index contributed by atoms with van der Waals surface area (Å²) in [7, 11) is 0. The molecule has 138 valence electrons. The van der Waals surface area contributed by atoms with Crippen molar-refractivity contribution in [2.45, 2.75) is 29.8 Å². The zero-order valence-corrected chi connectivity index (χ0v) is 15.4. The van der Waals surface area contributed by atoms with Gasteiger partial charge in [-0.3, -0.25) is 4.79 Å². The van der Waals surface area contributed by atoms with E-state index in [-0.39, 0.29) is 17.8 Å². The third kappa shape index (κ3) is 3.52. The SMILES string of the molecule is CCc1nnc2n1N[C@H](c1ccc(F)cc1)[C@H](C(=O)Nc1ccccc1)S2. The Labute approximate surface area is 160 Å². The Bertz CT molecular complexity index is 944. The molecule has 0 saturated carbocycles. The fraction of sp³-hybridized carbons (Fsp3) is 0.211. The van der Waals surface area contributed by atoms with E-state index in [4.69, 9.17) is 0 Å². The number of benzene rings is 2. The number of para-hydroxylation sites is 1. The number of carbonyl (C=O) groups excluding carboxylic acids is 1. The molecule has 1 aromatic heterocycles. The van der Waals surface area contributed by atoms with Crippen LogP contribution in [0.5, 0.6) is 0 Å². The van der Waals surface area contributed by atoms with E-state index in [1.165, 1.54) is 23.9 Å². The van der Waals surface area contributed by atoms with Crippen LogP contribution in [0.2, 0.25) is 0 Å². The fourth-order valence-electron chi connectivity index (χ4n) is 2.98. The first-order valence-electron chi connectivity index (χ1n) is 8.64. The van der Waals surface area contributed by atoms with E-state index in [1.807, 2.05) is 41.9 Å². The molecule has 2 aromatic carbocycles. The van der Waals surface area contributed by atoms with Crippen molar-refractivity contribution in [3.05, 3.63) is 71.8 Å².